The largest absolute Gasteiger partial charge is 0.368 e. The molecule has 0 aliphatic heterocycles. The molecular formula is C10H18O2. The van der Waals surface area contributed by atoms with Crippen molar-refractivity contribution in [3.63, 3.8) is 0 Å². The predicted octanol–water partition coefficient (Wildman–Crippen LogP) is 1.99. The van der Waals surface area contributed by atoms with E-state index in [9.17, 15) is 0 Å². The first kappa shape index (κ1) is 11.4. The molecule has 0 heterocycles. The summed E-state index contributed by atoms with van der Waals surface area (Å²) in [6, 6.07) is 0. The van der Waals surface area contributed by atoms with Gasteiger partial charge in [0.25, 0.3) is 0 Å². The molecule has 2 heteroatoms. The molecular weight excluding hydrogens is 152 g/mol. The molecule has 0 bridgehead atoms. The predicted molar refractivity (Wildman–Crippen MR) is 50.6 cm³/mol. The van der Waals surface area contributed by atoms with Gasteiger partial charge in [-0.05, 0) is 25.7 Å². The fraction of sp³-hybridized carbons (Fsp3) is 0.600. The SMILES string of the molecule is C=CCCC/C=C/CCC(O)O. The number of unbranched alkanes of at least 4 members (excludes halogenated alkanes) is 2. The van der Waals surface area contributed by atoms with Gasteiger partial charge in [-0.15, -0.1) is 6.58 Å². The molecule has 0 aliphatic carbocycles. The summed E-state index contributed by atoms with van der Waals surface area (Å²) < 4.78 is 0. The molecule has 0 rings (SSSR count). The van der Waals surface area contributed by atoms with Crippen molar-refractivity contribution in [2.24, 2.45) is 0 Å². The van der Waals surface area contributed by atoms with Crippen LogP contribution in [0.25, 0.3) is 0 Å². The molecule has 0 aromatic carbocycles. The molecule has 0 atom stereocenters. The molecule has 2 N–H and O–H groups in total. The summed E-state index contributed by atoms with van der Waals surface area (Å²) in [6.45, 7) is 3.63. The van der Waals surface area contributed by atoms with Crippen molar-refractivity contribution in [1.29, 1.82) is 0 Å². The van der Waals surface area contributed by atoms with Gasteiger partial charge >= 0.3 is 0 Å². The zero-order valence-corrected chi connectivity index (χ0v) is 7.45. The van der Waals surface area contributed by atoms with Crippen LogP contribution in [-0.2, 0) is 0 Å². The maximum atomic E-state index is 8.50. The van der Waals surface area contributed by atoms with E-state index in [0.717, 1.165) is 25.7 Å². The van der Waals surface area contributed by atoms with Crippen molar-refractivity contribution in [1.82, 2.24) is 0 Å². The summed E-state index contributed by atoms with van der Waals surface area (Å²) in [6.07, 6.45) is 9.20. The molecule has 2 nitrogen and oxygen atoms in total. The highest BCUT2D eigenvalue weighted by molar-refractivity contribution is 4.82. The Morgan fingerprint density at radius 1 is 1.08 bits per heavy atom. The van der Waals surface area contributed by atoms with Crippen molar-refractivity contribution in [2.45, 2.75) is 38.4 Å². The van der Waals surface area contributed by atoms with Crippen molar-refractivity contribution in [3.8, 4) is 0 Å². The van der Waals surface area contributed by atoms with E-state index in [2.05, 4.69) is 12.7 Å². The number of hydrogen-bond acceptors (Lipinski definition) is 2. The number of rotatable bonds is 7. The molecule has 0 saturated carbocycles. The lowest BCUT2D eigenvalue weighted by Gasteiger charge is -1.97. The highest BCUT2D eigenvalue weighted by Gasteiger charge is 1.91. The van der Waals surface area contributed by atoms with Crippen LogP contribution in [0.2, 0.25) is 0 Å². The van der Waals surface area contributed by atoms with E-state index in [1.54, 1.807) is 0 Å². The summed E-state index contributed by atoms with van der Waals surface area (Å²) in [4.78, 5) is 0. The summed E-state index contributed by atoms with van der Waals surface area (Å²) in [7, 11) is 0. The Morgan fingerprint density at radius 3 is 2.33 bits per heavy atom. The number of hydrogen-bond donors (Lipinski definition) is 2. The Morgan fingerprint density at radius 2 is 1.75 bits per heavy atom. The molecule has 70 valence electrons. The van der Waals surface area contributed by atoms with Gasteiger partial charge in [0.05, 0.1) is 0 Å². The van der Waals surface area contributed by atoms with Gasteiger partial charge in [0.2, 0.25) is 0 Å². The van der Waals surface area contributed by atoms with Crippen LogP contribution in [0.15, 0.2) is 24.8 Å². The molecule has 12 heavy (non-hydrogen) atoms. The fourth-order valence-corrected chi connectivity index (χ4v) is 0.861. The fourth-order valence-electron chi connectivity index (χ4n) is 0.861. The minimum Gasteiger partial charge on any atom is -0.368 e. The van der Waals surface area contributed by atoms with Crippen molar-refractivity contribution in [2.75, 3.05) is 0 Å². The van der Waals surface area contributed by atoms with Crippen LogP contribution in [-0.4, -0.2) is 16.5 Å². The smallest absolute Gasteiger partial charge is 0.151 e. The normalized spacial score (nSPS) is 11.2. The minimum absolute atomic E-state index is 0.429. The molecule has 0 spiro atoms. The Hall–Kier alpha value is -0.600. The summed E-state index contributed by atoms with van der Waals surface area (Å²) >= 11 is 0. The van der Waals surface area contributed by atoms with Crippen LogP contribution in [0.4, 0.5) is 0 Å². The number of allylic oxidation sites excluding steroid dienone is 3. The third-order valence-electron chi connectivity index (χ3n) is 1.54. The van der Waals surface area contributed by atoms with Crippen LogP contribution < -0.4 is 0 Å². The Bertz CT molecular complexity index is 128. The van der Waals surface area contributed by atoms with Crippen molar-refractivity contribution >= 4 is 0 Å². The van der Waals surface area contributed by atoms with Gasteiger partial charge in [-0.1, -0.05) is 18.2 Å². The topological polar surface area (TPSA) is 40.5 Å². The van der Waals surface area contributed by atoms with Crippen molar-refractivity contribution in [3.05, 3.63) is 24.8 Å². The highest BCUT2D eigenvalue weighted by Crippen LogP contribution is 2.00. The van der Waals surface area contributed by atoms with Gasteiger partial charge in [-0.25, -0.2) is 0 Å². The van der Waals surface area contributed by atoms with Gasteiger partial charge in [0, 0.05) is 6.42 Å². The van der Waals surface area contributed by atoms with E-state index >= 15 is 0 Å². The van der Waals surface area contributed by atoms with E-state index in [0.29, 0.717) is 6.42 Å². The first-order chi connectivity index (χ1) is 5.77. The maximum Gasteiger partial charge on any atom is 0.151 e. The molecule has 0 aromatic rings. The van der Waals surface area contributed by atoms with Gasteiger partial charge in [0.1, 0.15) is 0 Å². The minimum atomic E-state index is -1.16. The van der Waals surface area contributed by atoms with Gasteiger partial charge in [0.15, 0.2) is 6.29 Å². The Labute approximate surface area is 74.2 Å². The zero-order chi connectivity index (χ0) is 9.23. The van der Waals surface area contributed by atoms with Crippen LogP contribution in [0.5, 0.6) is 0 Å². The van der Waals surface area contributed by atoms with E-state index in [4.69, 9.17) is 10.2 Å². The summed E-state index contributed by atoms with van der Waals surface area (Å²) in [5.41, 5.74) is 0. The quantitative estimate of drug-likeness (QED) is 0.348. The van der Waals surface area contributed by atoms with Gasteiger partial charge in [-0.3, -0.25) is 0 Å². The van der Waals surface area contributed by atoms with Crippen LogP contribution in [0.3, 0.4) is 0 Å². The third-order valence-corrected chi connectivity index (χ3v) is 1.54. The third kappa shape index (κ3) is 9.40. The first-order valence-corrected chi connectivity index (χ1v) is 4.39. The van der Waals surface area contributed by atoms with Gasteiger partial charge in [-0.2, -0.15) is 0 Å². The lowest BCUT2D eigenvalue weighted by atomic mass is 10.2. The lowest BCUT2D eigenvalue weighted by molar-refractivity contribution is -0.0442. The monoisotopic (exact) mass is 170 g/mol. The average molecular weight is 170 g/mol. The van der Waals surface area contributed by atoms with Crippen LogP contribution in [0.1, 0.15) is 32.1 Å². The molecule has 0 unspecified atom stereocenters. The zero-order valence-electron chi connectivity index (χ0n) is 7.45. The molecule has 0 radical (unpaired) electrons. The second kappa shape index (κ2) is 8.50. The van der Waals surface area contributed by atoms with E-state index in [1.807, 2.05) is 12.2 Å². The summed E-state index contributed by atoms with van der Waals surface area (Å²) in [5.74, 6) is 0. The standard InChI is InChI=1S/C10H18O2/c1-2-3-4-5-6-7-8-9-10(11)12/h2,6-7,10-12H,1,3-5,8-9H2/b7-6+. The lowest BCUT2D eigenvalue weighted by Crippen LogP contribution is -2.01. The molecule has 0 amide bonds. The second-order valence-corrected chi connectivity index (χ2v) is 2.75. The number of aliphatic hydroxyl groups excluding tert-OH is 1. The Balaban J connectivity index is 3.08. The van der Waals surface area contributed by atoms with E-state index in [-0.39, 0.29) is 0 Å². The Kier molecular flexibility index (Phi) is 8.07. The molecule has 0 saturated heterocycles. The summed E-state index contributed by atoms with van der Waals surface area (Å²) in [5, 5.41) is 17.0. The van der Waals surface area contributed by atoms with E-state index < -0.39 is 6.29 Å². The van der Waals surface area contributed by atoms with Crippen LogP contribution in [0, 0.1) is 0 Å². The van der Waals surface area contributed by atoms with Gasteiger partial charge < -0.3 is 10.2 Å². The molecule has 0 fully saturated rings. The van der Waals surface area contributed by atoms with Crippen LogP contribution >= 0.6 is 0 Å². The average Bonchev–Trinajstić information content (AvgIpc) is 2.02. The van der Waals surface area contributed by atoms with Crippen molar-refractivity contribution < 1.29 is 10.2 Å². The number of aliphatic hydroxyl groups is 2. The second-order valence-electron chi connectivity index (χ2n) is 2.75. The van der Waals surface area contributed by atoms with E-state index in [1.165, 1.54) is 0 Å². The molecule has 0 aliphatic rings. The highest BCUT2D eigenvalue weighted by atomic mass is 16.5. The maximum absolute atomic E-state index is 8.50. The molecule has 0 aromatic heterocycles. The first-order valence-electron chi connectivity index (χ1n) is 4.39.